The van der Waals surface area contributed by atoms with E-state index in [-0.39, 0.29) is 17.8 Å². The molecule has 0 unspecified atom stereocenters. The number of para-hydroxylation sites is 1. The molecule has 2 aromatic heterocycles. The van der Waals surface area contributed by atoms with Crippen LogP contribution >= 0.6 is 11.3 Å². The molecule has 31 heavy (non-hydrogen) atoms. The fourth-order valence-electron chi connectivity index (χ4n) is 3.60. The van der Waals surface area contributed by atoms with Crippen LogP contribution in [0.3, 0.4) is 0 Å². The smallest absolute Gasteiger partial charge is 0.410 e. The maximum Gasteiger partial charge on any atom is 0.410 e. The molecule has 164 valence electrons. The number of aromatic nitrogens is 3. The highest BCUT2D eigenvalue weighted by molar-refractivity contribution is 7.15. The Morgan fingerprint density at radius 2 is 2.06 bits per heavy atom. The van der Waals surface area contributed by atoms with E-state index in [4.69, 9.17) is 9.84 Å². The van der Waals surface area contributed by atoms with Gasteiger partial charge in [0.2, 0.25) is 0 Å². The van der Waals surface area contributed by atoms with E-state index in [1.807, 2.05) is 32.9 Å². The number of hydrogen-bond donors (Lipinski definition) is 0. The van der Waals surface area contributed by atoms with E-state index < -0.39 is 5.60 Å². The minimum absolute atomic E-state index is 0.179. The fourth-order valence-corrected chi connectivity index (χ4v) is 4.55. The third-order valence-electron chi connectivity index (χ3n) is 5.07. The van der Waals surface area contributed by atoms with Gasteiger partial charge in [-0.05, 0) is 44.7 Å². The van der Waals surface area contributed by atoms with Gasteiger partial charge in [0, 0.05) is 18.5 Å². The van der Waals surface area contributed by atoms with E-state index in [2.05, 4.69) is 18.8 Å². The maximum absolute atomic E-state index is 14.7. The number of rotatable bonds is 3. The van der Waals surface area contributed by atoms with Crippen LogP contribution in [0.25, 0.3) is 21.5 Å². The van der Waals surface area contributed by atoms with Gasteiger partial charge in [0.05, 0.1) is 11.9 Å². The number of amides is 1. The molecule has 0 bridgehead atoms. The van der Waals surface area contributed by atoms with E-state index in [0.717, 1.165) is 26.7 Å². The first kappa shape index (κ1) is 21.5. The van der Waals surface area contributed by atoms with Crippen molar-refractivity contribution in [3.63, 3.8) is 0 Å². The summed E-state index contributed by atoms with van der Waals surface area (Å²) in [7, 11) is 0. The molecule has 4 rings (SSSR count). The number of carbonyl (C=O) groups is 1. The summed E-state index contributed by atoms with van der Waals surface area (Å²) in [5.41, 5.74) is 1.92. The van der Waals surface area contributed by atoms with E-state index in [1.54, 1.807) is 21.8 Å². The Morgan fingerprint density at radius 3 is 2.71 bits per heavy atom. The summed E-state index contributed by atoms with van der Waals surface area (Å²) in [6.45, 7) is 10.7. The van der Waals surface area contributed by atoms with Crippen LogP contribution in [0.2, 0.25) is 0 Å². The van der Waals surface area contributed by atoms with E-state index in [9.17, 15) is 9.18 Å². The van der Waals surface area contributed by atoms with Gasteiger partial charge in [0.1, 0.15) is 26.9 Å². The molecule has 6 nitrogen and oxygen atoms in total. The zero-order chi connectivity index (χ0) is 22.3. The molecule has 0 saturated carbocycles. The van der Waals surface area contributed by atoms with Crippen molar-refractivity contribution in [2.45, 2.75) is 52.6 Å². The van der Waals surface area contributed by atoms with Crippen LogP contribution in [-0.2, 0) is 4.74 Å². The highest BCUT2D eigenvalue weighted by Crippen LogP contribution is 2.33. The number of hydrogen-bond acceptors (Lipinski definition) is 5. The number of nitrogens with zero attached hydrogens (tertiary/aromatic N) is 4. The van der Waals surface area contributed by atoms with Crippen LogP contribution in [0.4, 0.5) is 9.18 Å². The largest absolute Gasteiger partial charge is 0.444 e. The molecule has 3 heterocycles. The first-order valence-corrected chi connectivity index (χ1v) is 11.3. The van der Waals surface area contributed by atoms with Gasteiger partial charge >= 0.3 is 6.09 Å². The Hall–Kier alpha value is -2.74. The van der Waals surface area contributed by atoms with Gasteiger partial charge in [0.15, 0.2) is 0 Å². The number of halogens is 1. The van der Waals surface area contributed by atoms with Gasteiger partial charge in [-0.1, -0.05) is 43.4 Å². The minimum Gasteiger partial charge on any atom is -0.444 e. The van der Waals surface area contributed by atoms with Crippen LogP contribution in [0.5, 0.6) is 0 Å². The predicted octanol–water partition coefficient (Wildman–Crippen LogP) is 5.77. The number of benzene rings is 1. The fraction of sp³-hybridized carbons (Fsp3) is 0.435. The quantitative estimate of drug-likeness (QED) is 0.517. The van der Waals surface area contributed by atoms with Gasteiger partial charge < -0.3 is 9.64 Å². The zero-order valence-electron chi connectivity index (χ0n) is 18.5. The van der Waals surface area contributed by atoms with Gasteiger partial charge in [-0.15, -0.1) is 0 Å². The second-order valence-corrected chi connectivity index (χ2v) is 10.0. The predicted molar refractivity (Wildman–Crippen MR) is 121 cm³/mol. The van der Waals surface area contributed by atoms with Crippen molar-refractivity contribution >= 4 is 33.9 Å². The SMILES string of the molecule is CC(C)c1nn(-c2cnc(C3=CCN(C(=O)OC(C)(C)C)CC3)s2)c2c(F)cccc12. The first-order valence-electron chi connectivity index (χ1n) is 10.4. The van der Waals surface area contributed by atoms with Crippen molar-refractivity contribution in [3.8, 4) is 5.00 Å². The molecular formula is C23H27FN4O2S. The summed E-state index contributed by atoms with van der Waals surface area (Å²) < 4.78 is 21.8. The molecule has 1 aromatic carbocycles. The molecule has 1 aliphatic heterocycles. The molecule has 0 spiro atoms. The summed E-state index contributed by atoms with van der Waals surface area (Å²) >= 11 is 1.48. The third-order valence-corrected chi connectivity index (χ3v) is 6.12. The molecule has 0 fully saturated rings. The molecule has 3 aromatic rings. The monoisotopic (exact) mass is 442 g/mol. The van der Waals surface area contributed by atoms with Crippen molar-refractivity contribution in [1.82, 2.24) is 19.7 Å². The second-order valence-electron chi connectivity index (χ2n) is 9.00. The zero-order valence-corrected chi connectivity index (χ0v) is 19.3. The molecule has 0 N–H and O–H groups in total. The average molecular weight is 443 g/mol. The molecule has 0 radical (unpaired) electrons. The molecule has 0 saturated heterocycles. The van der Waals surface area contributed by atoms with Crippen molar-refractivity contribution in [3.05, 3.63) is 47.0 Å². The second kappa shape index (κ2) is 8.07. The number of ether oxygens (including phenoxy) is 1. The van der Waals surface area contributed by atoms with Gasteiger partial charge in [-0.2, -0.15) is 5.10 Å². The summed E-state index contributed by atoms with van der Waals surface area (Å²) in [5, 5.41) is 7.17. The van der Waals surface area contributed by atoms with Crippen molar-refractivity contribution < 1.29 is 13.9 Å². The Morgan fingerprint density at radius 1 is 1.29 bits per heavy atom. The van der Waals surface area contributed by atoms with Crippen LogP contribution in [0.1, 0.15) is 57.7 Å². The van der Waals surface area contributed by atoms with E-state index >= 15 is 0 Å². The lowest BCUT2D eigenvalue weighted by atomic mass is 10.1. The lowest BCUT2D eigenvalue weighted by Crippen LogP contribution is -2.39. The molecule has 0 atom stereocenters. The van der Waals surface area contributed by atoms with Crippen LogP contribution in [-0.4, -0.2) is 44.4 Å². The minimum atomic E-state index is -0.512. The van der Waals surface area contributed by atoms with Crippen molar-refractivity contribution in [2.75, 3.05) is 13.1 Å². The maximum atomic E-state index is 14.7. The van der Waals surface area contributed by atoms with Crippen LogP contribution < -0.4 is 0 Å². The van der Waals surface area contributed by atoms with Gasteiger partial charge in [-0.3, -0.25) is 0 Å². The van der Waals surface area contributed by atoms with Gasteiger partial charge in [0.25, 0.3) is 0 Å². The van der Waals surface area contributed by atoms with E-state index in [1.165, 1.54) is 17.4 Å². The number of fused-ring (bicyclic) bond motifs is 1. The lowest BCUT2D eigenvalue weighted by Gasteiger charge is -2.29. The van der Waals surface area contributed by atoms with E-state index in [0.29, 0.717) is 25.0 Å². The number of carbonyl (C=O) groups excluding carboxylic acids is 1. The standard InChI is InChI=1S/C23H27FN4O2S/c1-14(2)19-16-7-6-8-17(24)20(16)28(26-19)18-13-25-21(31-18)15-9-11-27(12-10-15)22(29)30-23(3,4)5/h6-9,13-14H,10-12H2,1-5H3. The third kappa shape index (κ3) is 4.35. The Kier molecular flexibility index (Phi) is 5.60. The summed E-state index contributed by atoms with van der Waals surface area (Å²) in [6.07, 6.45) is 4.14. The lowest BCUT2D eigenvalue weighted by molar-refractivity contribution is 0.0270. The molecule has 1 amide bonds. The number of thiazole rings is 1. The topological polar surface area (TPSA) is 60.2 Å². The Bertz CT molecular complexity index is 1160. The Labute approximate surface area is 185 Å². The molecular weight excluding hydrogens is 415 g/mol. The first-order chi connectivity index (χ1) is 14.6. The summed E-state index contributed by atoms with van der Waals surface area (Å²) in [5.74, 6) is -0.116. The molecule has 0 aliphatic carbocycles. The highest BCUT2D eigenvalue weighted by atomic mass is 32.1. The summed E-state index contributed by atoms with van der Waals surface area (Å²) in [4.78, 5) is 18.5. The highest BCUT2D eigenvalue weighted by Gasteiger charge is 2.25. The van der Waals surface area contributed by atoms with Crippen molar-refractivity contribution in [1.29, 1.82) is 0 Å². The normalized spacial score (nSPS) is 14.9. The van der Waals surface area contributed by atoms with Crippen molar-refractivity contribution in [2.24, 2.45) is 0 Å². The Balaban J connectivity index is 1.60. The van der Waals surface area contributed by atoms with Crippen LogP contribution in [0, 0.1) is 5.82 Å². The van der Waals surface area contributed by atoms with Crippen LogP contribution in [0.15, 0.2) is 30.5 Å². The van der Waals surface area contributed by atoms with Gasteiger partial charge in [-0.25, -0.2) is 18.9 Å². The molecule has 8 heteroatoms. The summed E-state index contributed by atoms with van der Waals surface area (Å²) in [6, 6.07) is 5.09. The average Bonchev–Trinajstić information content (AvgIpc) is 3.32. The molecule has 1 aliphatic rings.